The van der Waals surface area contributed by atoms with Crippen molar-refractivity contribution in [2.75, 3.05) is 0 Å². The number of hydrogen-bond donors (Lipinski definition) is 1. The van der Waals surface area contributed by atoms with E-state index in [0.29, 0.717) is 24.5 Å². The Morgan fingerprint density at radius 1 is 1.00 bits per heavy atom. The van der Waals surface area contributed by atoms with Crippen molar-refractivity contribution in [1.82, 2.24) is 5.32 Å². The van der Waals surface area contributed by atoms with E-state index in [4.69, 9.17) is 20.8 Å². The molecule has 1 aromatic heterocycles. The number of halogens is 1. The number of piperidine rings is 1. The lowest BCUT2D eigenvalue weighted by atomic mass is 9.88. The van der Waals surface area contributed by atoms with Gasteiger partial charge in [0, 0.05) is 12.0 Å². The molecule has 6 heteroatoms. The molecule has 2 heterocycles. The molecule has 5 rings (SSSR count). The van der Waals surface area contributed by atoms with Gasteiger partial charge in [-0.25, -0.2) is 0 Å². The van der Waals surface area contributed by atoms with Crippen LogP contribution < -0.4 is 10.1 Å². The van der Waals surface area contributed by atoms with E-state index in [-0.39, 0.29) is 11.8 Å². The molecule has 0 bridgehead atoms. The third-order valence-electron chi connectivity index (χ3n) is 5.73. The van der Waals surface area contributed by atoms with E-state index < -0.39 is 5.92 Å². The zero-order valence-corrected chi connectivity index (χ0v) is 17.9. The predicted molar refractivity (Wildman–Crippen MR) is 123 cm³/mol. The number of hydrogen-bond acceptors (Lipinski definition) is 4. The maximum atomic E-state index is 12.3. The van der Waals surface area contributed by atoms with E-state index in [9.17, 15) is 9.59 Å². The first kappa shape index (κ1) is 20.3. The molecule has 1 unspecified atom stereocenters. The minimum Gasteiger partial charge on any atom is -0.486 e. The molecule has 1 aliphatic rings. The van der Waals surface area contributed by atoms with Gasteiger partial charge in [-0.2, -0.15) is 0 Å². The van der Waals surface area contributed by atoms with Crippen molar-refractivity contribution in [2.45, 2.75) is 25.4 Å². The van der Waals surface area contributed by atoms with Crippen LogP contribution >= 0.6 is 11.6 Å². The van der Waals surface area contributed by atoms with E-state index in [1.54, 1.807) is 6.26 Å². The number of amides is 2. The van der Waals surface area contributed by atoms with Gasteiger partial charge in [0.2, 0.25) is 11.8 Å². The van der Waals surface area contributed by atoms with Gasteiger partial charge in [0.15, 0.2) is 0 Å². The van der Waals surface area contributed by atoms with Crippen LogP contribution in [0.5, 0.6) is 5.75 Å². The molecule has 0 spiro atoms. The number of fused-ring (bicyclic) bond motifs is 1. The normalized spacial score (nSPS) is 16.2. The summed E-state index contributed by atoms with van der Waals surface area (Å²) in [6.45, 7) is 0.374. The fraction of sp³-hybridized carbons (Fsp3) is 0.154. The van der Waals surface area contributed by atoms with Crippen LogP contribution in [-0.2, 0) is 16.2 Å². The largest absolute Gasteiger partial charge is 0.486 e. The second-order valence-corrected chi connectivity index (χ2v) is 8.18. The number of furan rings is 1. The van der Waals surface area contributed by atoms with Crippen molar-refractivity contribution in [3.8, 4) is 16.9 Å². The minimum absolute atomic E-state index is 0.236. The van der Waals surface area contributed by atoms with Crippen LogP contribution in [0.1, 0.15) is 30.1 Å². The summed E-state index contributed by atoms with van der Waals surface area (Å²) in [5.41, 5.74) is 2.56. The molecule has 1 fully saturated rings. The fourth-order valence-corrected chi connectivity index (χ4v) is 4.43. The molecule has 0 saturated carbocycles. The first-order valence-electron chi connectivity index (χ1n) is 10.4. The molecule has 5 nitrogen and oxygen atoms in total. The topological polar surface area (TPSA) is 68.5 Å². The van der Waals surface area contributed by atoms with E-state index in [1.807, 2.05) is 60.7 Å². The van der Waals surface area contributed by atoms with Crippen molar-refractivity contribution in [1.29, 1.82) is 0 Å². The number of carbonyl (C=O) groups is 2. The van der Waals surface area contributed by atoms with Gasteiger partial charge < -0.3 is 9.15 Å². The zero-order valence-electron chi connectivity index (χ0n) is 17.1. The Hall–Kier alpha value is -3.57. The first-order valence-corrected chi connectivity index (χ1v) is 10.8. The van der Waals surface area contributed by atoms with Crippen LogP contribution in [0.4, 0.5) is 0 Å². The standard InChI is InChI=1S/C26H20ClNO4/c27-25-21(4-1-5-22(25)23-10-11-24(29)28-26(23)30)18-7-6-17-14-19(9-8-16(17)13-18)32-15-20-3-2-12-31-20/h1-9,12-14,23H,10-11,15H2,(H,28,29,30). The molecule has 4 aromatic rings. The van der Waals surface area contributed by atoms with Crippen molar-refractivity contribution >= 4 is 34.2 Å². The fourth-order valence-electron chi connectivity index (χ4n) is 4.06. The molecule has 3 aromatic carbocycles. The van der Waals surface area contributed by atoms with Crippen LogP contribution in [0.25, 0.3) is 21.9 Å². The summed E-state index contributed by atoms with van der Waals surface area (Å²) in [5, 5.41) is 5.05. The number of carbonyl (C=O) groups excluding carboxylic acids is 2. The number of nitrogens with one attached hydrogen (secondary N) is 1. The molecular weight excluding hydrogens is 426 g/mol. The summed E-state index contributed by atoms with van der Waals surface area (Å²) >= 11 is 6.75. The van der Waals surface area contributed by atoms with Crippen molar-refractivity contribution in [3.05, 3.63) is 89.3 Å². The van der Waals surface area contributed by atoms with Crippen LogP contribution in [0.3, 0.4) is 0 Å². The summed E-state index contributed by atoms with van der Waals surface area (Å²) in [6, 6.07) is 21.4. The zero-order chi connectivity index (χ0) is 22.1. The number of rotatable bonds is 5. The van der Waals surface area contributed by atoms with Gasteiger partial charge in [-0.3, -0.25) is 14.9 Å². The Labute approximate surface area is 189 Å². The SMILES string of the molecule is O=C1CCC(c2cccc(-c3ccc4cc(OCc5ccco5)ccc4c3)c2Cl)C(=O)N1. The molecule has 1 N–H and O–H groups in total. The van der Waals surface area contributed by atoms with E-state index >= 15 is 0 Å². The highest BCUT2D eigenvalue weighted by Gasteiger charge is 2.30. The molecule has 160 valence electrons. The van der Waals surface area contributed by atoms with E-state index in [2.05, 4.69) is 11.4 Å². The monoisotopic (exact) mass is 445 g/mol. The van der Waals surface area contributed by atoms with Crippen LogP contribution in [0.15, 0.2) is 77.4 Å². The highest BCUT2D eigenvalue weighted by Crippen LogP contribution is 2.38. The highest BCUT2D eigenvalue weighted by atomic mass is 35.5. The lowest BCUT2D eigenvalue weighted by Crippen LogP contribution is -2.39. The maximum absolute atomic E-state index is 12.3. The predicted octanol–water partition coefficient (Wildman–Crippen LogP) is 5.85. The number of ether oxygens (including phenoxy) is 1. The molecule has 0 radical (unpaired) electrons. The molecular formula is C26H20ClNO4. The van der Waals surface area contributed by atoms with Gasteiger partial charge in [-0.15, -0.1) is 0 Å². The summed E-state index contributed by atoms with van der Waals surface area (Å²) in [5.74, 6) is 0.585. The Morgan fingerprint density at radius 3 is 2.66 bits per heavy atom. The Balaban J connectivity index is 1.42. The molecule has 32 heavy (non-hydrogen) atoms. The van der Waals surface area contributed by atoms with Gasteiger partial charge in [-0.05, 0) is 58.7 Å². The third kappa shape index (κ3) is 3.99. The van der Waals surface area contributed by atoms with E-state index in [0.717, 1.165) is 39.0 Å². The minimum atomic E-state index is -0.422. The van der Waals surface area contributed by atoms with Gasteiger partial charge in [0.05, 0.1) is 17.2 Å². The Kier molecular flexibility index (Phi) is 5.41. The van der Waals surface area contributed by atoms with E-state index in [1.165, 1.54) is 0 Å². The molecule has 0 aliphatic carbocycles. The Morgan fingerprint density at radius 2 is 1.84 bits per heavy atom. The molecule has 1 aliphatic heterocycles. The second-order valence-electron chi connectivity index (χ2n) is 7.80. The summed E-state index contributed by atoms with van der Waals surface area (Å²) in [6.07, 6.45) is 2.41. The second kappa shape index (κ2) is 8.52. The Bertz CT molecular complexity index is 1310. The van der Waals surface area contributed by atoms with Crippen LogP contribution in [0.2, 0.25) is 5.02 Å². The quantitative estimate of drug-likeness (QED) is 0.391. The van der Waals surface area contributed by atoms with Gasteiger partial charge in [0.1, 0.15) is 18.1 Å². The van der Waals surface area contributed by atoms with Gasteiger partial charge in [-0.1, -0.05) is 48.0 Å². The smallest absolute Gasteiger partial charge is 0.234 e. The molecule has 1 atom stereocenters. The van der Waals surface area contributed by atoms with Crippen molar-refractivity contribution < 1.29 is 18.7 Å². The van der Waals surface area contributed by atoms with Crippen LogP contribution in [0, 0.1) is 0 Å². The summed E-state index contributed by atoms with van der Waals surface area (Å²) < 4.78 is 11.1. The highest BCUT2D eigenvalue weighted by molar-refractivity contribution is 6.34. The molecule has 1 saturated heterocycles. The third-order valence-corrected chi connectivity index (χ3v) is 6.15. The average Bonchev–Trinajstić information content (AvgIpc) is 3.32. The van der Waals surface area contributed by atoms with Gasteiger partial charge in [0.25, 0.3) is 0 Å². The number of imide groups is 1. The summed E-state index contributed by atoms with van der Waals surface area (Å²) in [7, 11) is 0. The van der Waals surface area contributed by atoms with Crippen LogP contribution in [-0.4, -0.2) is 11.8 Å². The average molecular weight is 446 g/mol. The number of benzene rings is 3. The van der Waals surface area contributed by atoms with Crippen molar-refractivity contribution in [3.63, 3.8) is 0 Å². The lowest BCUT2D eigenvalue weighted by molar-refractivity contribution is -0.134. The van der Waals surface area contributed by atoms with Gasteiger partial charge >= 0.3 is 0 Å². The first-order chi connectivity index (χ1) is 15.6. The maximum Gasteiger partial charge on any atom is 0.234 e. The molecule has 2 amide bonds. The lowest BCUT2D eigenvalue weighted by Gasteiger charge is -2.23. The van der Waals surface area contributed by atoms with Crippen molar-refractivity contribution in [2.24, 2.45) is 0 Å². The summed E-state index contributed by atoms with van der Waals surface area (Å²) in [4.78, 5) is 23.8.